The Morgan fingerprint density at radius 1 is 1.18 bits per heavy atom. The highest BCUT2D eigenvalue weighted by Crippen LogP contribution is 2.39. The van der Waals surface area contributed by atoms with Crippen molar-refractivity contribution in [3.05, 3.63) is 30.1 Å². The summed E-state index contributed by atoms with van der Waals surface area (Å²) in [5, 5.41) is 5.57. The lowest BCUT2D eigenvalue weighted by Crippen LogP contribution is -2.30. The molecule has 0 heterocycles. The van der Waals surface area contributed by atoms with E-state index in [9.17, 15) is 14.0 Å². The van der Waals surface area contributed by atoms with Crippen LogP contribution in [0.2, 0.25) is 0 Å². The third kappa shape index (κ3) is 4.80. The first-order chi connectivity index (χ1) is 10.5. The highest BCUT2D eigenvalue weighted by atomic mass is 19.1. The number of hydrogen-bond donors (Lipinski definition) is 2. The molecule has 2 atom stereocenters. The summed E-state index contributed by atoms with van der Waals surface area (Å²) < 4.78 is 12.8. The second-order valence-corrected chi connectivity index (χ2v) is 5.89. The predicted molar refractivity (Wildman–Crippen MR) is 82.8 cm³/mol. The summed E-state index contributed by atoms with van der Waals surface area (Å²) >= 11 is 0. The molecule has 1 aromatic rings. The molecule has 1 saturated carbocycles. The van der Waals surface area contributed by atoms with E-state index in [1.165, 1.54) is 24.3 Å². The summed E-state index contributed by atoms with van der Waals surface area (Å²) in [4.78, 5) is 26.0. The standard InChI is InChI=1S/C16H22FN3O2/c1-20(2)9-3-8-18-15(21)13-10-14(13)16(22)19-12-6-4-11(17)5-7-12/h4-7,13-14H,3,8-10H2,1-2H3,(H,18,21)(H,19,22). The summed E-state index contributed by atoms with van der Waals surface area (Å²) in [5.41, 5.74) is 0.545. The van der Waals surface area contributed by atoms with E-state index < -0.39 is 0 Å². The third-order valence-electron chi connectivity index (χ3n) is 3.66. The van der Waals surface area contributed by atoms with Crippen molar-refractivity contribution in [2.24, 2.45) is 11.8 Å². The number of nitrogens with one attached hydrogen (secondary N) is 2. The molecule has 2 unspecified atom stereocenters. The largest absolute Gasteiger partial charge is 0.356 e. The zero-order valence-electron chi connectivity index (χ0n) is 12.9. The Labute approximate surface area is 129 Å². The van der Waals surface area contributed by atoms with Crippen LogP contribution in [-0.4, -0.2) is 43.9 Å². The normalized spacial score (nSPS) is 19.8. The molecule has 2 amide bonds. The van der Waals surface area contributed by atoms with E-state index >= 15 is 0 Å². The molecule has 0 saturated heterocycles. The van der Waals surface area contributed by atoms with Gasteiger partial charge >= 0.3 is 0 Å². The summed E-state index contributed by atoms with van der Waals surface area (Å²) in [6.45, 7) is 1.54. The van der Waals surface area contributed by atoms with Crippen molar-refractivity contribution >= 4 is 17.5 Å². The van der Waals surface area contributed by atoms with Crippen LogP contribution in [0.3, 0.4) is 0 Å². The number of benzene rings is 1. The number of hydrogen-bond acceptors (Lipinski definition) is 3. The zero-order chi connectivity index (χ0) is 16.1. The average Bonchev–Trinajstić information content (AvgIpc) is 3.26. The Morgan fingerprint density at radius 2 is 1.82 bits per heavy atom. The Morgan fingerprint density at radius 3 is 2.45 bits per heavy atom. The van der Waals surface area contributed by atoms with Gasteiger partial charge in [-0.2, -0.15) is 0 Å². The fraction of sp³-hybridized carbons (Fsp3) is 0.500. The Balaban J connectivity index is 1.71. The van der Waals surface area contributed by atoms with Gasteiger partial charge in [-0.25, -0.2) is 4.39 Å². The van der Waals surface area contributed by atoms with E-state index in [1.807, 2.05) is 14.1 Å². The fourth-order valence-electron chi connectivity index (χ4n) is 2.28. The first-order valence-corrected chi connectivity index (χ1v) is 7.46. The van der Waals surface area contributed by atoms with Crippen LogP contribution < -0.4 is 10.6 Å². The first-order valence-electron chi connectivity index (χ1n) is 7.46. The van der Waals surface area contributed by atoms with Crippen LogP contribution in [0.25, 0.3) is 0 Å². The van der Waals surface area contributed by atoms with Gasteiger partial charge in [-0.15, -0.1) is 0 Å². The topological polar surface area (TPSA) is 61.4 Å². The molecule has 22 heavy (non-hydrogen) atoms. The minimum Gasteiger partial charge on any atom is -0.356 e. The maximum absolute atomic E-state index is 12.8. The molecule has 0 aliphatic heterocycles. The van der Waals surface area contributed by atoms with Gasteiger partial charge in [0.15, 0.2) is 0 Å². The van der Waals surface area contributed by atoms with Crippen LogP contribution in [0.5, 0.6) is 0 Å². The Hall–Kier alpha value is -1.95. The molecule has 6 heteroatoms. The summed E-state index contributed by atoms with van der Waals surface area (Å²) in [6, 6.07) is 5.59. The molecule has 0 aromatic heterocycles. The smallest absolute Gasteiger partial charge is 0.228 e. The molecule has 1 aromatic carbocycles. The number of carbonyl (C=O) groups is 2. The van der Waals surface area contributed by atoms with Gasteiger partial charge in [0.2, 0.25) is 11.8 Å². The number of amides is 2. The predicted octanol–water partition coefficient (Wildman–Crippen LogP) is 1.47. The number of rotatable bonds is 7. The minimum absolute atomic E-state index is 0.0574. The lowest BCUT2D eigenvalue weighted by Gasteiger charge is -2.09. The number of nitrogens with zero attached hydrogens (tertiary/aromatic N) is 1. The second-order valence-electron chi connectivity index (χ2n) is 5.89. The molecule has 0 spiro atoms. The summed E-state index contributed by atoms with van der Waals surface area (Å²) in [6.07, 6.45) is 1.46. The number of anilines is 1. The van der Waals surface area contributed by atoms with Crippen molar-refractivity contribution in [3.63, 3.8) is 0 Å². The van der Waals surface area contributed by atoms with Crippen LogP contribution in [0.1, 0.15) is 12.8 Å². The van der Waals surface area contributed by atoms with Gasteiger partial charge < -0.3 is 15.5 Å². The van der Waals surface area contributed by atoms with Crippen LogP contribution >= 0.6 is 0 Å². The third-order valence-corrected chi connectivity index (χ3v) is 3.66. The fourth-order valence-corrected chi connectivity index (χ4v) is 2.28. The SMILES string of the molecule is CN(C)CCCNC(=O)C1CC1C(=O)Nc1ccc(F)cc1. The Kier molecular flexibility index (Phi) is 5.49. The van der Waals surface area contributed by atoms with Gasteiger partial charge in [0.25, 0.3) is 0 Å². The van der Waals surface area contributed by atoms with Crippen LogP contribution in [-0.2, 0) is 9.59 Å². The van der Waals surface area contributed by atoms with Gasteiger partial charge in [-0.1, -0.05) is 0 Å². The van der Waals surface area contributed by atoms with Gasteiger partial charge in [-0.05, 0) is 57.7 Å². The van der Waals surface area contributed by atoms with Crippen molar-refractivity contribution in [3.8, 4) is 0 Å². The summed E-state index contributed by atoms with van der Waals surface area (Å²) in [7, 11) is 3.97. The van der Waals surface area contributed by atoms with E-state index in [4.69, 9.17) is 0 Å². The van der Waals surface area contributed by atoms with Gasteiger partial charge in [0.1, 0.15) is 5.82 Å². The average molecular weight is 307 g/mol. The lowest BCUT2D eigenvalue weighted by atomic mass is 10.2. The molecule has 2 N–H and O–H groups in total. The number of carbonyl (C=O) groups excluding carboxylic acids is 2. The molecule has 0 bridgehead atoms. The van der Waals surface area contributed by atoms with Crippen LogP contribution in [0, 0.1) is 17.7 Å². The van der Waals surface area contributed by atoms with Gasteiger partial charge in [0.05, 0.1) is 11.8 Å². The van der Waals surface area contributed by atoms with E-state index in [0.717, 1.165) is 13.0 Å². The first kappa shape index (κ1) is 16.4. The molecule has 2 rings (SSSR count). The zero-order valence-corrected chi connectivity index (χ0v) is 12.9. The monoisotopic (exact) mass is 307 g/mol. The maximum Gasteiger partial charge on any atom is 0.228 e. The summed E-state index contributed by atoms with van der Waals surface area (Å²) in [5.74, 6) is -1.10. The quantitative estimate of drug-likeness (QED) is 0.750. The van der Waals surface area contributed by atoms with Gasteiger partial charge in [0, 0.05) is 12.2 Å². The van der Waals surface area contributed by atoms with Crippen molar-refractivity contribution in [2.75, 3.05) is 32.5 Å². The van der Waals surface area contributed by atoms with E-state index in [1.54, 1.807) is 0 Å². The molecule has 120 valence electrons. The van der Waals surface area contributed by atoms with Crippen molar-refractivity contribution < 1.29 is 14.0 Å². The second kappa shape index (κ2) is 7.35. The molecular weight excluding hydrogens is 285 g/mol. The molecule has 1 aliphatic carbocycles. The lowest BCUT2D eigenvalue weighted by molar-refractivity contribution is -0.125. The Bertz CT molecular complexity index is 531. The molecular formula is C16H22FN3O2. The van der Waals surface area contributed by atoms with Crippen LogP contribution in [0.4, 0.5) is 10.1 Å². The molecule has 5 nitrogen and oxygen atoms in total. The molecule has 0 radical (unpaired) electrons. The highest BCUT2D eigenvalue weighted by Gasteiger charge is 2.47. The van der Waals surface area contributed by atoms with E-state index in [-0.39, 0.29) is 29.5 Å². The highest BCUT2D eigenvalue weighted by molar-refractivity contribution is 5.99. The molecule has 1 fully saturated rings. The minimum atomic E-state index is -0.348. The van der Waals surface area contributed by atoms with Crippen molar-refractivity contribution in [2.45, 2.75) is 12.8 Å². The maximum atomic E-state index is 12.8. The van der Waals surface area contributed by atoms with Gasteiger partial charge in [-0.3, -0.25) is 9.59 Å². The van der Waals surface area contributed by atoms with Crippen molar-refractivity contribution in [1.82, 2.24) is 10.2 Å². The van der Waals surface area contributed by atoms with Crippen LogP contribution in [0.15, 0.2) is 24.3 Å². The molecule has 1 aliphatic rings. The van der Waals surface area contributed by atoms with E-state index in [0.29, 0.717) is 18.7 Å². The van der Waals surface area contributed by atoms with E-state index in [2.05, 4.69) is 15.5 Å². The number of halogens is 1. The van der Waals surface area contributed by atoms with Crippen molar-refractivity contribution in [1.29, 1.82) is 0 Å².